The summed E-state index contributed by atoms with van der Waals surface area (Å²) in [7, 11) is 3.57. The molecule has 0 heterocycles. The van der Waals surface area contributed by atoms with Crippen molar-refractivity contribution < 1.29 is 9.53 Å². The summed E-state index contributed by atoms with van der Waals surface area (Å²) in [4.78, 5) is 13.0. The number of nitrogens with one attached hydrogen (secondary N) is 1. The van der Waals surface area contributed by atoms with Crippen LogP contribution in [0.3, 0.4) is 0 Å². The fourth-order valence-electron chi connectivity index (χ4n) is 1.73. The standard InChI is InChI=1S/C15H24N2O2/c1-4-19-14-8-5-7-13(11-14)12-16-10-6-9-15(18)17(2)3/h5,7-8,11,16H,4,6,9-10,12H2,1-3H3. The van der Waals surface area contributed by atoms with E-state index in [1.807, 2.05) is 25.1 Å². The molecule has 0 fully saturated rings. The first-order valence-electron chi connectivity index (χ1n) is 6.76. The van der Waals surface area contributed by atoms with Crippen LogP contribution in [0.15, 0.2) is 24.3 Å². The first kappa shape index (κ1) is 15.5. The second-order valence-corrected chi connectivity index (χ2v) is 4.65. The fourth-order valence-corrected chi connectivity index (χ4v) is 1.73. The van der Waals surface area contributed by atoms with Crippen molar-refractivity contribution >= 4 is 5.91 Å². The highest BCUT2D eigenvalue weighted by molar-refractivity contribution is 5.75. The van der Waals surface area contributed by atoms with Crippen molar-refractivity contribution in [2.24, 2.45) is 0 Å². The number of carbonyl (C=O) groups is 1. The minimum atomic E-state index is 0.181. The molecule has 0 saturated heterocycles. The third-order valence-electron chi connectivity index (χ3n) is 2.78. The minimum absolute atomic E-state index is 0.181. The zero-order valence-electron chi connectivity index (χ0n) is 12.1. The number of hydrogen-bond acceptors (Lipinski definition) is 3. The molecule has 0 aliphatic heterocycles. The molecular formula is C15H24N2O2. The van der Waals surface area contributed by atoms with Gasteiger partial charge in [-0.05, 0) is 37.6 Å². The highest BCUT2D eigenvalue weighted by atomic mass is 16.5. The summed E-state index contributed by atoms with van der Waals surface area (Å²) >= 11 is 0. The van der Waals surface area contributed by atoms with Gasteiger partial charge in [0, 0.05) is 27.1 Å². The SMILES string of the molecule is CCOc1cccc(CNCCCC(=O)N(C)C)c1. The van der Waals surface area contributed by atoms with Crippen molar-refractivity contribution in [3.63, 3.8) is 0 Å². The van der Waals surface area contributed by atoms with Crippen LogP contribution in [0.25, 0.3) is 0 Å². The molecule has 1 aromatic rings. The molecule has 0 aliphatic rings. The monoisotopic (exact) mass is 264 g/mol. The van der Waals surface area contributed by atoms with E-state index < -0.39 is 0 Å². The van der Waals surface area contributed by atoms with Gasteiger partial charge >= 0.3 is 0 Å². The average Bonchev–Trinajstić information content (AvgIpc) is 2.39. The van der Waals surface area contributed by atoms with Crippen LogP contribution in [-0.2, 0) is 11.3 Å². The summed E-state index contributed by atoms with van der Waals surface area (Å²) in [5.74, 6) is 1.09. The quantitative estimate of drug-likeness (QED) is 0.731. The Balaban J connectivity index is 2.22. The van der Waals surface area contributed by atoms with Gasteiger partial charge in [-0.3, -0.25) is 4.79 Å². The molecular weight excluding hydrogens is 240 g/mol. The van der Waals surface area contributed by atoms with Crippen LogP contribution in [0, 0.1) is 0 Å². The molecule has 19 heavy (non-hydrogen) atoms. The lowest BCUT2D eigenvalue weighted by Gasteiger charge is -2.10. The van der Waals surface area contributed by atoms with Crippen molar-refractivity contribution in [2.75, 3.05) is 27.2 Å². The van der Waals surface area contributed by atoms with E-state index in [4.69, 9.17) is 4.74 Å². The van der Waals surface area contributed by atoms with Gasteiger partial charge in [-0.2, -0.15) is 0 Å². The Bertz CT molecular complexity index is 391. The fraction of sp³-hybridized carbons (Fsp3) is 0.533. The van der Waals surface area contributed by atoms with Crippen molar-refractivity contribution in [3.05, 3.63) is 29.8 Å². The van der Waals surface area contributed by atoms with Gasteiger partial charge in [0.1, 0.15) is 5.75 Å². The van der Waals surface area contributed by atoms with Crippen LogP contribution in [0.2, 0.25) is 0 Å². The Morgan fingerprint density at radius 1 is 1.37 bits per heavy atom. The topological polar surface area (TPSA) is 41.6 Å². The van der Waals surface area contributed by atoms with E-state index in [1.165, 1.54) is 5.56 Å². The predicted octanol–water partition coefficient (Wildman–Crippen LogP) is 2.04. The molecule has 106 valence electrons. The highest BCUT2D eigenvalue weighted by Crippen LogP contribution is 2.12. The maximum Gasteiger partial charge on any atom is 0.222 e. The van der Waals surface area contributed by atoms with Gasteiger partial charge in [0.25, 0.3) is 0 Å². The van der Waals surface area contributed by atoms with E-state index in [1.54, 1.807) is 19.0 Å². The molecule has 0 aromatic heterocycles. The van der Waals surface area contributed by atoms with E-state index in [0.717, 1.165) is 25.3 Å². The van der Waals surface area contributed by atoms with E-state index in [0.29, 0.717) is 13.0 Å². The minimum Gasteiger partial charge on any atom is -0.494 e. The van der Waals surface area contributed by atoms with Gasteiger partial charge in [0.05, 0.1) is 6.61 Å². The maximum atomic E-state index is 11.4. The van der Waals surface area contributed by atoms with Crippen LogP contribution in [0.1, 0.15) is 25.3 Å². The number of benzene rings is 1. The van der Waals surface area contributed by atoms with Gasteiger partial charge < -0.3 is 15.0 Å². The molecule has 0 atom stereocenters. The molecule has 4 heteroatoms. The Hall–Kier alpha value is -1.55. The normalized spacial score (nSPS) is 10.3. The lowest BCUT2D eigenvalue weighted by molar-refractivity contribution is -0.128. The molecule has 0 spiro atoms. The van der Waals surface area contributed by atoms with E-state index in [9.17, 15) is 4.79 Å². The molecule has 0 saturated carbocycles. The first-order valence-corrected chi connectivity index (χ1v) is 6.76. The largest absolute Gasteiger partial charge is 0.494 e. The van der Waals surface area contributed by atoms with Gasteiger partial charge in [-0.25, -0.2) is 0 Å². The van der Waals surface area contributed by atoms with Crippen LogP contribution in [0.5, 0.6) is 5.75 Å². The summed E-state index contributed by atoms with van der Waals surface area (Å²) in [6.45, 7) is 4.31. The summed E-state index contributed by atoms with van der Waals surface area (Å²) in [5.41, 5.74) is 1.20. The lowest BCUT2D eigenvalue weighted by atomic mass is 10.2. The predicted molar refractivity (Wildman–Crippen MR) is 77.2 cm³/mol. The Labute approximate surface area is 115 Å². The number of nitrogens with zero attached hydrogens (tertiary/aromatic N) is 1. The van der Waals surface area contributed by atoms with Gasteiger partial charge in [-0.15, -0.1) is 0 Å². The van der Waals surface area contributed by atoms with E-state index in [-0.39, 0.29) is 5.91 Å². The lowest BCUT2D eigenvalue weighted by Crippen LogP contribution is -2.23. The number of amides is 1. The van der Waals surface area contributed by atoms with Gasteiger partial charge in [-0.1, -0.05) is 12.1 Å². The van der Waals surface area contributed by atoms with Crippen LogP contribution in [0.4, 0.5) is 0 Å². The molecule has 1 rings (SSSR count). The molecule has 0 radical (unpaired) electrons. The molecule has 0 unspecified atom stereocenters. The summed E-state index contributed by atoms with van der Waals surface area (Å²) in [6, 6.07) is 8.07. The number of carbonyl (C=O) groups excluding carboxylic acids is 1. The number of hydrogen-bond donors (Lipinski definition) is 1. The summed E-state index contributed by atoms with van der Waals surface area (Å²) in [6.07, 6.45) is 1.46. The average molecular weight is 264 g/mol. The second-order valence-electron chi connectivity index (χ2n) is 4.65. The molecule has 0 bridgehead atoms. The smallest absolute Gasteiger partial charge is 0.222 e. The second kappa shape index (κ2) is 8.53. The molecule has 0 aliphatic carbocycles. The number of rotatable bonds is 8. The summed E-state index contributed by atoms with van der Waals surface area (Å²) in [5, 5.41) is 3.34. The Morgan fingerprint density at radius 2 is 2.16 bits per heavy atom. The third kappa shape index (κ3) is 6.25. The number of ether oxygens (including phenoxy) is 1. The maximum absolute atomic E-state index is 11.4. The van der Waals surface area contributed by atoms with E-state index in [2.05, 4.69) is 11.4 Å². The van der Waals surface area contributed by atoms with Crippen molar-refractivity contribution in [2.45, 2.75) is 26.3 Å². The Morgan fingerprint density at radius 3 is 2.84 bits per heavy atom. The van der Waals surface area contributed by atoms with Crippen LogP contribution >= 0.6 is 0 Å². The Kier molecular flexibility index (Phi) is 6.97. The molecule has 1 amide bonds. The van der Waals surface area contributed by atoms with Gasteiger partial charge in [0.15, 0.2) is 0 Å². The third-order valence-corrected chi connectivity index (χ3v) is 2.78. The summed E-state index contributed by atoms with van der Waals surface area (Å²) < 4.78 is 5.45. The molecule has 4 nitrogen and oxygen atoms in total. The first-order chi connectivity index (χ1) is 9.13. The zero-order chi connectivity index (χ0) is 14.1. The molecule has 1 aromatic carbocycles. The van der Waals surface area contributed by atoms with Gasteiger partial charge in [0.2, 0.25) is 5.91 Å². The van der Waals surface area contributed by atoms with Crippen LogP contribution < -0.4 is 10.1 Å². The van der Waals surface area contributed by atoms with Crippen molar-refractivity contribution in [3.8, 4) is 5.75 Å². The van der Waals surface area contributed by atoms with Crippen molar-refractivity contribution in [1.82, 2.24) is 10.2 Å². The van der Waals surface area contributed by atoms with Crippen LogP contribution in [-0.4, -0.2) is 38.1 Å². The zero-order valence-corrected chi connectivity index (χ0v) is 12.1. The van der Waals surface area contributed by atoms with E-state index >= 15 is 0 Å². The van der Waals surface area contributed by atoms with Crippen molar-refractivity contribution in [1.29, 1.82) is 0 Å². The highest BCUT2D eigenvalue weighted by Gasteiger charge is 2.02. The molecule has 1 N–H and O–H groups in total.